The van der Waals surface area contributed by atoms with Gasteiger partial charge < -0.3 is 14.2 Å². The van der Waals surface area contributed by atoms with E-state index in [1.54, 1.807) is 42.2 Å². The molecule has 0 spiro atoms. The minimum Gasteiger partial charge on any atom is -0.489 e. The highest BCUT2D eigenvalue weighted by Crippen LogP contribution is 2.23. The van der Waals surface area contributed by atoms with Crippen LogP contribution in [0.1, 0.15) is 32.9 Å². The van der Waals surface area contributed by atoms with Gasteiger partial charge in [-0.05, 0) is 56.2 Å². The van der Waals surface area contributed by atoms with Crippen LogP contribution in [0.5, 0.6) is 5.75 Å². The van der Waals surface area contributed by atoms with Gasteiger partial charge in [-0.1, -0.05) is 29.4 Å². The lowest BCUT2D eigenvalue weighted by Gasteiger charge is -2.33. The predicted molar refractivity (Wildman–Crippen MR) is 123 cm³/mol. The van der Waals surface area contributed by atoms with Gasteiger partial charge in [0.1, 0.15) is 18.1 Å². The van der Waals surface area contributed by atoms with Crippen molar-refractivity contribution in [2.24, 2.45) is 0 Å². The first-order valence-electron chi connectivity index (χ1n) is 10.8. The molecular weight excluding hydrogens is 442 g/mol. The Labute approximate surface area is 193 Å². The third-order valence-electron chi connectivity index (χ3n) is 5.96. The van der Waals surface area contributed by atoms with Crippen molar-refractivity contribution < 1.29 is 22.5 Å². The first kappa shape index (κ1) is 23.0. The van der Waals surface area contributed by atoms with Crippen LogP contribution in [0.15, 0.2) is 57.9 Å². The number of carbonyl (C=O) groups excluding carboxylic acids is 1. The van der Waals surface area contributed by atoms with Crippen LogP contribution in [0.2, 0.25) is 0 Å². The van der Waals surface area contributed by atoms with Crippen molar-refractivity contribution in [3.63, 3.8) is 0 Å². The summed E-state index contributed by atoms with van der Waals surface area (Å²) in [5, 5.41) is 3.97. The molecule has 1 aliphatic heterocycles. The second kappa shape index (κ2) is 9.36. The molecule has 2 heterocycles. The average molecular weight is 470 g/mol. The highest BCUT2D eigenvalue weighted by Gasteiger charge is 2.32. The first-order valence-corrected chi connectivity index (χ1v) is 12.2. The molecule has 1 amide bonds. The molecule has 1 fully saturated rings. The summed E-state index contributed by atoms with van der Waals surface area (Å²) in [6.07, 6.45) is 0. The van der Waals surface area contributed by atoms with Gasteiger partial charge in [0.15, 0.2) is 5.69 Å². The number of hydrogen-bond acceptors (Lipinski definition) is 6. The maximum absolute atomic E-state index is 13.2. The summed E-state index contributed by atoms with van der Waals surface area (Å²) in [4.78, 5) is 15.0. The molecule has 1 aliphatic rings. The standard InChI is InChI=1S/C24H27N3O5S/c1-17-9-10-20(15-18(17)2)31-16-22-19(3)32-25-23(22)24(28)26-11-13-27(14-12-26)33(29,30)21-7-5-4-6-8-21/h4-10,15H,11-14,16H2,1-3H3. The molecule has 2 aromatic carbocycles. The van der Waals surface area contributed by atoms with Crippen LogP contribution in [0.25, 0.3) is 0 Å². The maximum Gasteiger partial charge on any atom is 0.276 e. The summed E-state index contributed by atoms with van der Waals surface area (Å²) in [6.45, 7) is 6.92. The van der Waals surface area contributed by atoms with Crippen LogP contribution in [0.3, 0.4) is 0 Å². The molecule has 33 heavy (non-hydrogen) atoms. The molecule has 0 radical (unpaired) electrons. The summed E-state index contributed by atoms with van der Waals surface area (Å²) in [5.74, 6) is 0.937. The Morgan fingerprint density at radius 3 is 2.36 bits per heavy atom. The van der Waals surface area contributed by atoms with Gasteiger partial charge in [0.2, 0.25) is 10.0 Å². The van der Waals surface area contributed by atoms with Crippen LogP contribution in [0, 0.1) is 20.8 Å². The second-order valence-electron chi connectivity index (χ2n) is 8.11. The van der Waals surface area contributed by atoms with E-state index < -0.39 is 10.0 Å². The van der Waals surface area contributed by atoms with Gasteiger partial charge in [-0.2, -0.15) is 4.31 Å². The van der Waals surface area contributed by atoms with Gasteiger partial charge in [0.25, 0.3) is 5.91 Å². The van der Waals surface area contributed by atoms with E-state index in [4.69, 9.17) is 9.26 Å². The SMILES string of the molecule is Cc1ccc(OCc2c(C(=O)N3CCN(S(=O)(=O)c4ccccc4)CC3)noc2C)cc1C. The van der Waals surface area contributed by atoms with Gasteiger partial charge >= 0.3 is 0 Å². The van der Waals surface area contributed by atoms with Crippen molar-refractivity contribution in [3.05, 3.63) is 76.7 Å². The highest BCUT2D eigenvalue weighted by molar-refractivity contribution is 7.89. The molecule has 0 atom stereocenters. The van der Waals surface area contributed by atoms with Gasteiger partial charge in [0.05, 0.1) is 10.5 Å². The lowest BCUT2D eigenvalue weighted by molar-refractivity contribution is 0.0685. The Morgan fingerprint density at radius 2 is 1.70 bits per heavy atom. The molecule has 3 aromatic rings. The number of nitrogens with zero attached hydrogens (tertiary/aromatic N) is 3. The third kappa shape index (κ3) is 4.79. The lowest BCUT2D eigenvalue weighted by atomic mass is 10.1. The molecule has 8 nitrogen and oxygen atoms in total. The van der Waals surface area contributed by atoms with Gasteiger partial charge in [-0.25, -0.2) is 8.42 Å². The number of benzene rings is 2. The van der Waals surface area contributed by atoms with Crippen LogP contribution in [-0.2, 0) is 16.6 Å². The molecule has 0 aliphatic carbocycles. The van der Waals surface area contributed by atoms with E-state index in [1.807, 2.05) is 32.0 Å². The first-order chi connectivity index (χ1) is 15.8. The number of rotatable bonds is 6. The van der Waals surface area contributed by atoms with Crippen molar-refractivity contribution >= 4 is 15.9 Å². The number of hydrogen-bond donors (Lipinski definition) is 0. The molecular formula is C24H27N3O5S. The number of piperazine rings is 1. The van der Waals surface area contributed by atoms with Crippen LogP contribution in [-0.4, -0.2) is 54.9 Å². The van der Waals surface area contributed by atoms with E-state index in [1.165, 1.54) is 9.87 Å². The molecule has 1 aromatic heterocycles. The quantitative estimate of drug-likeness (QED) is 0.550. The van der Waals surface area contributed by atoms with Crippen molar-refractivity contribution in [2.45, 2.75) is 32.3 Å². The van der Waals surface area contributed by atoms with Crippen LogP contribution >= 0.6 is 0 Å². The van der Waals surface area contributed by atoms with Gasteiger partial charge in [-0.3, -0.25) is 4.79 Å². The van der Waals surface area contributed by atoms with Crippen molar-refractivity contribution in [2.75, 3.05) is 26.2 Å². The monoisotopic (exact) mass is 469 g/mol. The second-order valence-corrected chi connectivity index (χ2v) is 10.0. The Hall–Kier alpha value is -3.17. The fourth-order valence-corrected chi connectivity index (χ4v) is 5.15. The van der Waals surface area contributed by atoms with E-state index in [0.29, 0.717) is 17.1 Å². The zero-order chi connectivity index (χ0) is 23.6. The fourth-order valence-electron chi connectivity index (χ4n) is 3.71. The zero-order valence-electron chi connectivity index (χ0n) is 18.9. The lowest BCUT2D eigenvalue weighted by Crippen LogP contribution is -2.50. The summed E-state index contributed by atoms with van der Waals surface area (Å²) < 4.78 is 38.3. The smallest absolute Gasteiger partial charge is 0.276 e. The fraction of sp³-hybridized carbons (Fsp3) is 0.333. The number of carbonyl (C=O) groups is 1. The molecule has 0 N–H and O–H groups in total. The molecule has 174 valence electrons. The molecule has 0 unspecified atom stereocenters. The number of ether oxygens (including phenoxy) is 1. The summed E-state index contributed by atoms with van der Waals surface area (Å²) in [7, 11) is -3.58. The largest absolute Gasteiger partial charge is 0.489 e. The van der Waals surface area contributed by atoms with Gasteiger partial charge in [0, 0.05) is 26.2 Å². The summed E-state index contributed by atoms with van der Waals surface area (Å²) in [6, 6.07) is 14.1. The van der Waals surface area contributed by atoms with E-state index in [2.05, 4.69) is 5.16 Å². The number of aromatic nitrogens is 1. The van der Waals surface area contributed by atoms with E-state index >= 15 is 0 Å². The molecule has 0 saturated carbocycles. The minimum atomic E-state index is -3.58. The maximum atomic E-state index is 13.2. The molecule has 4 rings (SSSR count). The number of aryl methyl sites for hydroxylation is 3. The number of amides is 1. The normalized spacial score (nSPS) is 14.9. The van der Waals surface area contributed by atoms with E-state index in [9.17, 15) is 13.2 Å². The Bertz CT molecular complexity index is 1250. The zero-order valence-corrected chi connectivity index (χ0v) is 19.8. The molecule has 9 heteroatoms. The van der Waals surface area contributed by atoms with Crippen molar-refractivity contribution in [1.29, 1.82) is 0 Å². The van der Waals surface area contributed by atoms with E-state index in [0.717, 1.165) is 5.56 Å². The Balaban J connectivity index is 1.43. The Kier molecular flexibility index (Phi) is 6.53. The minimum absolute atomic E-state index is 0.154. The van der Waals surface area contributed by atoms with E-state index in [-0.39, 0.29) is 49.3 Å². The van der Waals surface area contributed by atoms with Gasteiger partial charge in [-0.15, -0.1) is 0 Å². The van der Waals surface area contributed by atoms with Crippen molar-refractivity contribution in [1.82, 2.24) is 14.4 Å². The molecule has 1 saturated heterocycles. The van der Waals surface area contributed by atoms with Crippen LogP contribution < -0.4 is 4.74 Å². The number of sulfonamides is 1. The average Bonchev–Trinajstić information content (AvgIpc) is 3.20. The highest BCUT2D eigenvalue weighted by atomic mass is 32.2. The topological polar surface area (TPSA) is 93.0 Å². The molecule has 0 bridgehead atoms. The summed E-state index contributed by atoms with van der Waals surface area (Å²) >= 11 is 0. The summed E-state index contributed by atoms with van der Waals surface area (Å²) in [5.41, 5.74) is 3.09. The Morgan fingerprint density at radius 1 is 1.00 bits per heavy atom. The predicted octanol–water partition coefficient (Wildman–Crippen LogP) is 3.33. The third-order valence-corrected chi connectivity index (χ3v) is 7.87. The van der Waals surface area contributed by atoms with Crippen LogP contribution in [0.4, 0.5) is 0 Å². The van der Waals surface area contributed by atoms with Crippen molar-refractivity contribution in [3.8, 4) is 5.75 Å².